The SMILES string of the molecule is Fc1ccc(-c2nnc(SCc3cc4ccccc4nc3Cl)n2CC2CCCO2)cc1. The van der Waals surface area contributed by atoms with Crippen molar-refractivity contribution >= 4 is 34.3 Å². The van der Waals surface area contributed by atoms with E-state index in [1.807, 2.05) is 24.3 Å². The van der Waals surface area contributed by atoms with Gasteiger partial charge < -0.3 is 4.74 Å². The molecule has 31 heavy (non-hydrogen) atoms. The van der Waals surface area contributed by atoms with Gasteiger partial charge >= 0.3 is 0 Å². The summed E-state index contributed by atoms with van der Waals surface area (Å²) in [6.45, 7) is 1.44. The molecule has 3 heterocycles. The van der Waals surface area contributed by atoms with E-state index < -0.39 is 0 Å². The van der Waals surface area contributed by atoms with E-state index in [1.54, 1.807) is 23.9 Å². The number of nitrogens with zero attached hydrogens (tertiary/aromatic N) is 4. The lowest BCUT2D eigenvalue weighted by Crippen LogP contribution is -2.16. The third-order valence-corrected chi connectivity index (χ3v) is 6.68. The van der Waals surface area contributed by atoms with Crippen molar-refractivity contribution in [2.45, 2.75) is 36.4 Å². The van der Waals surface area contributed by atoms with E-state index in [4.69, 9.17) is 16.3 Å². The molecular weight excluding hydrogens is 435 g/mol. The van der Waals surface area contributed by atoms with E-state index in [2.05, 4.69) is 25.8 Å². The van der Waals surface area contributed by atoms with Crippen molar-refractivity contribution in [3.63, 3.8) is 0 Å². The molecule has 1 aliphatic heterocycles. The lowest BCUT2D eigenvalue weighted by Gasteiger charge is -2.15. The second kappa shape index (κ2) is 8.94. The molecule has 0 aliphatic carbocycles. The highest BCUT2D eigenvalue weighted by Crippen LogP contribution is 2.31. The minimum Gasteiger partial charge on any atom is -0.376 e. The van der Waals surface area contributed by atoms with Crippen LogP contribution in [0.4, 0.5) is 4.39 Å². The molecule has 1 aliphatic rings. The standard InChI is InChI=1S/C23H20ClFN4OS/c24-21-17(12-16-4-1-2-6-20(16)26-21)14-31-23-28-27-22(15-7-9-18(25)10-8-15)29(23)13-19-5-3-11-30-19/h1-2,4,6-10,12,19H,3,5,11,13-14H2. The predicted octanol–water partition coefficient (Wildman–Crippen LogP) is 5.76. The van der Waals surface area contributed by atoms with E-state index in [0.717, 1.165) is 46.6 Å². The molecule has 1 saturated heterocycles. The van der Waals surface area contributed by atoms with Crippen molar-refractivity contribution in [1.82, 2.24) is 19.7 Å². The molecule has 1 atom stereocenters. The van der Waals surface area contributed by atoms with E-state index in [9.17, 15) is 4.39 Å². The average molecular weight is 455 g/mol. The van der Waals surface area contributed by atoms with Crippen LogP contribution in [0.1, 0.15) is 18.4 Å². The van der Waals surface area contributed by atoms with Gasteiger partial charge in [0.05, 0.1) is 18.2 Å². The lowest BCUT2D eigenvalue weighted by molar-refractivity contribution is 0.0953. The van der Waals surface area contributed by atoms with Gasteiger partial charge in [-0.25, -0.2) is 9.37 Å². The highest BCUT2D eigenvalue weighted by molar-refractivity contribution is 7.98. The Morgan fingerprint density at radius 1 is 1.13 bits per heavy atom. The molecular formula is C23H20ClFN4OS. The third-order valence-electron chi connectivity index (χ3n) is 5.34. The molecule has 2 aromatic carbocycles. The monoisotopic (exact) mass is 454 g/mol. The fraction of sp³-hybridized carbons (Fsp3) is 0.261. The molecule has 5 nitrogen and oxygen atoms in total. The molecule has 0 saturated carbocycles. The van der Waals surface area contributed by atoms with Crippen LogP contribution in [0.25, 0.3) is 22.3 Å². The van der Waals surface area contributed by atoms with Gasteiger partial charge in [0.1, 0.15) is 11.0 Å². The Kier molecular flexibility index (Phi) is 5.89. The molecule has 0 N–H and O–H groups in total. The molecule has 1 fully saturated rings. The van der Waals surface area contributed by atoms with E-state index in [0.29, 0.717) is 23.3 Å². The van der Waals surface area contributed by atoms with Gasteiger partial charge in [-0.2, -0.15) is 0 Å². The maximum absolute atomic E-state index is 13.4. The minimum absolute atomic E-state index is 0.125. The summed E-state index contributed by atoms with van der Waals surface area (Å²) in [6.07, 6.45) is 2.19. The van der Waals surface area contributed by atoms with Crippen molar-refractivity contribution in [3.8, 4) is 11.4 Å². The van der Waals surface area contributed by atoms with Gasteiger partial charge in [-0.15, -0.1) is 10.2 Å². The predicted molar refractivity (Wildman–Crippen MR) is 121 cm³/mol. The fourth-order valence-corrected chi connectivity index (χ4v) is 4.96. The van der Waals surface area contributed by atoms with Crippen molar-refractivity contribution in [2.75, 3.05) is 6.61 Å². The van der Waals surface area contributed by atoms with Crippen LogP contribution < -0.4 is 0 Å². The Labute approximate surface area is 188 Å². The van der Waals surface area contributed by atoms with Crippen LogP contribution in [0.2, 0.25) is 5.15 Å². The number of hydrogen-bond donors (Lipinski definition) is 0. The van der Waals surface area contributed by atoms with Crippen LogP contribution in [0.5, 0.6) is 0 Å². The number of aromatic nitrogens is 4. The van der Waals surface area contributed by atoms with Crippen LogP contribution in [-0.2, 0) is 17.0 Å². The summed E-state index contributed by atoms with van der Waals surface area (Å²) < 4.78 is 21.3. The zero-order chi connectivity index (χ0) is 21.2. The average Bonchev–Trinajstić information content (AvgIpc) is 3.43. The van der Waals surface area contributed by atoms with Crippen LogP contribution in [-0.4, -0.2) is 32.5 Å². The largest absolute Gasteiger partial charge is 0.376 e. The zero-order valence-corrected chi connectivity index (χ0v) is 18.2. The number of thioether (sulfide) groups is 1. The quantitative estimate of drug-likeness (QED) is 0.274. The van der Waals surface area contributed by atoms with Gasteiger partial charge in [0.15, 0.2) is 11.0 Å². The van der Waals surface area contributed by atoms with E-state index in [-0.39, 0.29) is 11.9 Å². The molecule has 8 heteroatoms. The second-order valence-corrected chi connectivity index (χ2v) is 8.78. The summed E-state index contributed by atoms with van der Waals surface area (Å²) in [6, 6.07) is 16.3. The van der Waals surface area contributed by atoms with Crippen LogP contribution in [0.15, 0.2) is 59.8 Å². The van der Waals surface area contributed by atoms with Crippen molar-refractivity contribution in [1.29, 1.82) is 0 Å². The minimum atomic E-state index is -0.276. The zero-order valence-electron chi connectivity index (χ0n) is 16.7. The highest BCUT2D eigenvalue weighted by Gasteiger charge is 2.22. The van der Waals surface area contributed by atoms with Crippen molar-refractivity contribution in [2.24, 2.45) is 0 Å². The molecule has 0 amide bonds. The molecule has 0 bridgehead atoms. The van der Waals surface area contributed by atoms with Crippen molar-refractivity contribution in [3.05, 3.63) is 71.1 Å². The van der Waals surface area contributed by atoms with Crippen LogP contribution in [0, 0.1) is 5.82 Å². The van der Waals surface area contributed by atoms with Gasteiger partial charge in [-0.1, -0.05) is 41.6 Å². The van der Waals surface area contributed by atoms with Gasteiger partial charge in [-0.3, -0.25) is 4.57 Å². The smallest absolute Gasteiger partial charge is 0.191 e. The number of benzene rings is 2. The van der Waals surface area contributed by atoms with Crippen LogP contribution in [0.3, 0.4) is 0 Å². The Bertz CT molecular complexity index is 1210. The normalized spacial score (nSPS) is 16.3. The number of para-hydroxylation sites is 1. The van der Waals surface area contributed by atoms with Gasteiger partial charge in [0.25, 0.3) is 0 Å². The van der Waals surface area contributed by atoms with Crippen LogP contribution >= 0.6 is 23.4 Å². The first-order valence-corrected chi connectivity index (χ1v) is 11.5. The molecule has 158 valence electrons. The second-order valence-electron chi connectivity index (χ2n) is 7.48. The molecule has 1 unspecified atom stereocenters. The summed E-state index contributed by atoms with van der Waals surface area (Å²) in [7, 11) is 0. The summed E-state index contributed by atoms with van der Waals surface area (Å²) in [5.74, 6) is 1.05. The highest BCUT2D eigenvalue weighted by atomic mass is 35.5. The van der Waals surface area contributed by atoms with Crippen molar-refractivity contribution < 1.29 is 9.13 Å². The number of halogens is 2. The number of rotatable bonds is 6. The first-order valence-electron chi connectivity index (χ1n) is 10.1. The Hall–Kier alpha value is -2.48. The number of fused-ring (bicyclic) bond motifs is 1. The van der Waals surface area contributed by atoms with Gasteiger partial charge in [0, 0.05) is 28.9 Å². The topological polar surface area (TPSA) is 52.8 Å². The number of hydrogen-bond acceptors (Lipinski definition) is 5. The molecule has 4 aromatic rings. The summed E-state index contributed by atoms with van der Waals surface area (Å²) in [4.78, 5) is 4.51. The number of pyridine rings is 1. The van der Waals surface area contributed by atoms with Gasteiger partial charge in [-0.05, 0) is 49.2 Å². The molecule has 0 spiro atoms. The third kappa shape index (κ3) is 4.44. The van der Waals surface area contributed by atoms with Gasteiger partial charge in [0.2, 0.25) is 0 Å². The van der Waals surface area contributed by atoms with E-state index >= 15 is 0 Å². The van der Waals surface area contributed by atoms with E-state index in [1.165, 1.54) is 12.1 Å². The Morgan fingerprint density at radius 3 is 2.77 bits per heavy atom. The summed E-state index contributed by atoms with van der Waals surface area (Å²) in [5.41, 5.74) is 2.64. The lowest BCUT2D eigenvalue weighted by atomic mass is 10.2. The Balaban J connectivity index is 1.44. The first-order chi connectivity index (χ1) is 15.2. The maximum atomic E-state index is 13.4. The fourth-order valence-electron chi connectivity index (χ4n) is 3.74. The molecule has 2 aromatic heterocycles. The maximum Gasteiger partial charge on any atom is 0.191 e. The number of ether oxygens (including phenoxy) is 1. The Morgan fingerprint density at radius 2 is 1.97 bits per heavy atom. The summed E-state index contributed by atoms with van der Waals surface area (Å²) in [5, 5.41) is 11.2. The first kappa shape index (κ1) is 20.4. The molecule has 5 rings (SSSR count). The molecule has 0 radical (unpaired) electrons. The summed E-state index contributed by atoms with van der Waals surface area (Å²) >= 11 is 8.00.